The predicted octanol–water partition coefficient (Wildman–Crippen LogP) is 3.22. The molecule has 10 nitrogen and oxygen atoms in total. The van der Waals surface area contributed by atoms with E-state index in [0.29, 0.717) is 34.1 Å². The van der Waals surface area contributed by atoms with Crippen molar-refractivity contribution < 1.29 is 14.3 Å². The van der Waals surface area contributed by atoms with Crippen molar-refractivity contribution in [3.05, 3.63) is 53.5 Å². The van der Waals surface area contributed by atoms with Crippen LogP contribution in [0.25, 0.3) is 28.2 Å². The summed E-state index contributed by atoms with van der Waals surface area (Å²) < 4.78 is 12.3. The minimum absolute atomic E-state index is 0.180. The number of hydrogen-bond donors (Lipinski definition) is 1. The molecule has 1 amide bonds. The van der Waals surface area contributed by atoms with Crippen molar-refractivity contribution in [3.8, 4) is 23.1 Å². The maximum absolute atomic E-state index is 12.6. The molecular weight excluding hydrogens is 422 g/mol. The van der Waals surface area contributed by atoms with Crippen LogP contribution in [0.2, 0.25) is 0 Å². The molecule has 0 unspecified atom stereocenters. The Morgan fingerprint density at radius 2 is 1.94 bits per heavy atom. The second kappa shape index (κ2) is 7.90. The second-order valence-corrected chi connectivity index (χ2v) is 7.42. The Balaban J connectivity index is 1.64. The first-order valence-corrected chi connectivity index (χ1v) is 10.1. The molecule has 1 aromatic carbocycles. The molecule has 0 aliphatic carbocycles. The normalized spacial score (nSPS) is 12.4. The molecule has 1 radical (unpaired) electrons. The van der Waals surface area contributed by atoms with Crippen molar-refractivity contribution in [1.29, 1.82) is 0 Å². The van der Waals surface area contributed by atoms with E-state index in [1.807, 2.05) is 36.9 Å². The number of rotatable bonds is 5. The predicted molar refractivity (Wildman–Crippen MR) is 123 cm³/mol. The Labute approximate surface area is 189 Å². The lowest BCUT2D eigenvalue weighted by atomic mass is 10.0. The lowest BCUT2D eigenvalue weighted by Crippen LogP contribution is -2.18. The third-order valence-corrected chi connectivity index (χ3v) is 5.49. The van der Waals surface area contributed by atoms with Gasteiger partial charge in [-0.1, -0.05) is 0 Å². The maximum atomic E-state index is 12.6. The van der Waals surface area contributed by atoms with E-state index in [2.05, 4.69) is 25.7 Å². The van der Waals surface area contributed by atoms with Crippen LogP contribution < -0.4 is 20.1 Å². The molecule has 1 aliphatic rings. The summed E-state index contributed by atoms with van der Waals surface area (Å²) in [6.07, 6.45) is 4.81. The largest absolute Gasteiger partial charge is 0.480 e. The summed E-state index contributed by atoms with van der Waals surface area (Å²) in [5.74, 6) is 0.300. The van der Waals surface area contributed by atoms with E-state index in [-0.39, 0.29) is 11.9 Å². The van der Waals surface area contributed by atoms with Crippen molar-refractivity contribution in [1.82, 2.24) is 30.0 Å². The van der Waals surface area contributed by atoms with Gasteiger partial charge in [0.2, 0.25) is 5.88 Å². The Hall–Kier alpha value is -4.47. The van der Waals surface area contributed by atoms with E-state index >= 15 is 0 Å². The van der Waals surface area contributed by atoms with Gasteiger partial charge in [-0.05, 0) is 42.8 Å². The average molecular weight is 442 g/mol. The number of carbonyl (C=O) groups excluding carboxylic acids is 1. The summed E-state index contributed by atoms with van der Waals surface area (Å²) in [4.78, 5) is 25.8. The Morgan fingerprint density at radius 1 is 1.09 bits per heavy atom. The average Bonchev–Trinajstić information content (AvgIpc) is 3.11. The third kappa shape index (κ3) is 3.51. The molecule has 0 saturated heterocycles. The number of aryl methyl sites for hydroxylation is 2. The zero-order valence-corrected chi connectivity index (χ0v) is 18.4. The fourth-order valence-corrected chi connectivity index (χ4v) is 3.73. The van der Waals surface area contributed by atoms with Crippen molar-refractivity contribution in [2.45, 2.75) is 6.92 Å². The van der Waals surface area contributed by atoms with Crippen LogP contribution in [0.1, 0.15) is 21.6 Å². The van der Waals surface area contributed by atoms with Crippen LogP contribution in [0.15, 0.2) is 36.7 Å². The smallest absolute Gasteiger partial charge is 0.319 e. The number of hydrogen-bond acceptors (Lipinski definition) is 8. The van der Waals surface area contributed by atoms with Crippen LogP contribution in [0.4, 0.5) is 11.5 Å². The lowest BCUT2D eigenvalue weighted by molar-refractivity contribution is 0.0965. The molecule has 3 aromatic heterocycles. The van der Waals surface area contributed by atoms with Crippen molar-refractivity contribution in [3.63, 3.8) is 0 Å². The van der Waals surface area contributed by atoms with Gasteiger partial charge in [-0.15, -0.1) is 0 Å². The van der Waals surface area contributed by atoms with Crippen LogP contribution in [-0.2, 0) is 7.05 Å². The van der Waals surface area contributed by atoms with Gasteiger partial charge in [-0.25, -0.2) is 15.3 Å². The van der Waals surface area contributed by atoms with E-state index < -0.39 is 0 Å². The molecule has 10 heteroatoms. The van der Waals surface area contributed by atoms with E-state index in [1.165, 1.54) is 20.4 Å². The third-order valence-electron chi connectivity index (χ3n) is 5.49. The number of carbonyl (C=O) groups is 1. The highest BCUT2D eigenvalue weighted by atomic mass is 16.5. The van der Waals surface area contributed by atoms with Crippen LogP contribution >= 0.6 is 0 Å². The molecule has 1 N–H and O–H groups in total. The first kappa shape index (κ1) is 20.4. The Kier molecular flexibility index (Phi) is 4.89. The van der Waals surface area contributed by atoms with Gasteiger partial charge in [0.25, 0.3) is 5.91 Å². The number of pyridine rings is 1. The number of fused-ring (bicyclic) bond motifs is 2. The number of methoxy groups -OCH3 is 2. The second-order valence-electron chi connectivity index (χ2n) is 7.42. The van der Waals surface area contributed by atoms with Crippen LogP contribution in [0.5, 0.6) is 11.9 Å². The van der Waals surface area contributed by atoms with E-state index in [1.54, 1.807) is 18.3 Å². The number of ether oxygens (including phenoxy) is 2. The van der Waals surface area contributed by atoms with Gasteiger partial charge in [0.15, 0.2) is 0 Å². The first-order chi connectivity index (χ1) is 16.0. The number of benzene rings is 1. The number of amides is 1. The molecule has 5 rings (SSSR count). The monoisotopic (exact) mass is 442 g/mol. The molecular formula is C23H20N7O3. The molecule has 0 atom stereocenters. The van der Waals surface area contributed by atoms with Crippen molar-refractivity contribution >= 4 is 34.4 Å². The molecule has 0 bridgehead atoms. The van der Waals surface area contributed by atoms with Gasteiger partial charge in [0, 0.05) is 36.2 Å². The van der Waals surface area contributed by atoms with Crippen LogP contribution in [0, 0.1) is 6.92 Å². The highest BCUT2D eigenvalue weighted by molar-refractivity contribution is 6.05. The molecule has 33 heavy (non-hydrogen) atoms. The quantitative estimate of drug-likeness (QED) is 0.501. The lowest BCUT2D eigenvalue weighted by Gasteiger charge is -2.17. The van der Waals surface area contributed by atoms with Gasteiger partial charge in [-0.3, -0.25) is 9.48 Å². The fourth-order valence-electron chi connectivity index (χ4n) is 3.73. The van der Waals surface area contributed by atoms with Gasteiger partial charge in [0.05, 0.1) is 36.6 Å². The van der Waals surface area contributed by atoms with Crippen molar-refractivity contribution in [2.24, 2.45) is 7.05 Å². The summed E-state index contributed by atoms with van der Waals surface area (Å²) in [5.41, 5.74) is 4.80. The summed E-state index contributed by atoms with van der Waals surface area (Å²) in [6.45, 7) is 2.01. The molecule has 4 aromatic rings. The Bertz CT molecular complexity index is 1440. The zero-order valence-electron chi connectivity index (χ0n) is 18.4. The molecule has 1 aliphatic heterocycles. The number of aromatic nitrogens is 5. The summed E-state index contributed by atoms with van der Waals surface area (Å²) in [6, 6.07) is 7.79. The standard InChI is InChI=1S/C23H20N7O3/c1-12-15-6-5-14(10-18(15)29-30(12)2)26-20-19-13(7-8-24-21(19)31)9-17(27-20)16-11-25-23(33-4)28-22(16)32-3/h5-11H,1-4H3,(H,26,27). The van der Waals surface area contributed by atoms with Gasteiger partial charge in [-0.2, -0.15) is 10.1 Å². The first-order valence-electron chi connectivity index (χ1n) is 10.1. The number of nitrogens with zero attached hydrogens (tertiary/aromatic N) is 6. The molecule has 165 valence electrons. The summed E-state index contributed by atoms with van der Waals surface area (Å²) in [5, 5.41) is 12.8. The molecule has 0 spiro atoms. The molecule has 0 saturated carbocycles. The topological polar surface area (TPSA) is 118 Å². The van der Waals surface area contributed by atoms with Gasteiger partial charge < -0.3 is 14.8 Å². The highest BCUT2D eigenvalue weighted by Crippen LogP contribution is 2.34. The van der Waals surface area contributed by atoms with Gasteiger partial charge >= 0.3 is 6.01 Å². The minimum Gasteiger partial charge on any atom is -0.480 e. The van der Waals surface area contributed by atoms with E-state index in [9.17, 15) is 4.79 Å². The molecule has 4 heterocycles. The minimum atomic E-state index is -0.373. The van der Waals surface area contributed by atoms with Gasteiger partial charge in [0.1, 0.15) is 5.82 Å². The van der Waals surface area contributed by atoms with E-state index in [0.717, 1.165) is 22.3 Å². The summed E-state index contributed by atoms with van der Waals surface area (Å²) in [7, 11) is 4.89. The summed E-state index contributed by atoms with van der Waals surface area (Å²) >= 11 is 0. The molecule has 0 fully saturated rings. The van der Waals surface area contributed by atoms with Crippen LogP contribution in [0.3, 0.4) is 0 Å². The van der Waals surface area contributed by atoms with Crippen LogP contribution in [-0.4, -0.2) is 44.9 Å². The zero-order chi connectivity index (χ0) is 23.1. The maximum Gasteiger partial charge on any atom is 0.319 e. The highest BCUT2D eigenvalue weighted by Gasteiger charge is 2.24. The number of nitrogens with one attached hydrogen (secondary N) is 1. The SMILES string of the molecule is COc1ncc(-c2cc3c(c(Nc4ccc5c(C)n(C)nc5c4)n2)C(=O)[N]C=C3)c(OC)n1. The van der Waals surface area contributed by atoms with Crippen molar-refractivity contribution in [2.75, 3.05) is 19.5 Å². The van der Waals surface area contributed by atoms with E-state index in [4.69, 9.17) is 14.5 Å². The fraction of sp³-hybridized carbons (Fsp3) is 0.174. The Morgan fingerprint density at radius 3 is 2.73 bits per heavy atom. The number of anilines is 2.